The number of nitrogens with one attached hydrogen (secondary N) is 1. The molecule has 0 bridgehead atoms. The van der Waals surface area contributed by atoms with Crippen LogP contribution in [0.2, 0.25) is 5.15 Å². The van der Waals surface area contributed by atoms with Gasteiger partial charge >= 0.3 is 12.1 Å². The maximum absolute atomic E-state index is 13.0. The number of carbonyl (C=O) groups is 1. The Morgan fingerprint density at radius 2 is 2.13 bits per heavy atom. The number of hydrogen-bond acceptors (Lipinski definition) is 4. The maximum atomic E-state index is 13.0. The Balaban J connectivity index is 1.51. The quantitative estimate of drug-likeness (QED) is 0.379. The van der Waals surface area contributed by atoms with Gasteiger partial charge in [0.2, 0.25) is 0 Å². The van der Waals surface area contributed by atoms with Crippen LogP contribution in [0.1, 0.15) is 48.1 Å². The van der Waals surface area contributed by atoms with Crippen molar-refractivity contribution in [2.75, 3.05) is 6.61 Å². The van der Waals surface area contributed by atoms with Gasteiger partial charge in [-0.3, -0.25) is 4.79 Å². The minimum Gasteiger partial charge on any atom is -0.489 e. The summed E-state index contributed by atoms with van der Waals surface area (Å²) < 4.78 is 49.8. The summed E-state index contributed by atoms with van der Waals surface area (Å²) in [6.07, 6.45) is -1.28. The predicted octanol–water partition coefficient (Wildman–Crippen LogP) is 5.80. The fraction of sp³-hybridized carbons (Fsp3) is 0.364. The van der Waals surface area contributed by atoms with Gasteiger partial charge in [0.05, 0.1) is 18.6 Å². The Kier molecular flexibility index (Phi) is 5.83. The van der Waals surface area contributed by atoms with Gasteiger partial charge in [-0.1, -0.05) is 11.6 Å². The number of ether oxygens (including phenoxy) is 2. The van der Waals surface area contributed by atoms with E-state index in [1.165, 1.54) is 6.20 Å². The van der Waals surface area contributed by atoms with Crippen molar-refractivity contribution in [2.45, 2.75) is 44.9 Å². The lowest BCUT2D eigenvalue weighted by Crippen LogP contribution is -2.09. The lowest BCUT2D eigenvalue weighted by Gasteiger charge is -2.11. The summed E-state index contributed by atoms with van der Waals surface area (Å²) in [6, 6.07) is 6.43. The highest BCUT2D eigenvalue weighted by Gasteiger charge is 2.34. The van der Waals surface area contributed by atoms with Crippen LogP contribution in [0, 0.1) is 0 Å². The minimum absolute atomic E-state index is 0.0726. The molecule has 0 saturated heterocycles. The summed E-state index contributed by atoms with van der Waals surface area (Å²) in [4.78, 5) is 18.9. The number of esters is 1. The number of pyridine rings is 1. The number of nitrogens with zero attached hydrogens (tertiary/aromatic N) is 1. The van der Waals surface area contributed by atoms with Crippen LogP contribution in [0.25, 0.3) is 10.9 Å². The monoisotopic (exact) mass is 452 g/mol. The number of carbonyl (C=O) groups excluding carboxylic acids is 1. The van der Waals surface area contributed by atoms with E-state index in [0.717, 1.165) is 41.1 Å². The fourth-order valence-corrected chi connectivity index (χ4v) is 4.19. The maximum Gasteiger partial charge on any atom is 0.419 e. The summed E-state index contributed by atoms with van der Waals surface area (Å²) in [7, 11) is 0. The zero-order valence-electron chi connectivity index (χ0n) is 16.7. The number of hydrogen-bond donors (Lipinski definition) is 1. The topological polar surface area (TPSA) is 64.2 Å². The molecule has 4 rings (SSSR count). The molecule has 0 spiro atoms. The molecule has 164 valence electrons. The highest BCUT2D eigenvalue weighted by Crippen LogP contribution is 2.40. The molecule has 1 atom stereocenters. The molecule has 2 aromatic heterocycles. The summed E-state index contributed by atoms with van der Waals surface area (Å²) in [5.74, 6) is 0.413. The first-order valence-corrected chi connectivity index (χ1v) is 10.3. The number of halogens is 4. The molecule has 1 unspecified atom stereocenters. The molecule has 0 saturated carbocycles. The van der Waals surface area contributed by atoms with Gasteiger partial charge in [0, 0.05) is 34.3 Å². The van der Waals surface area contributed by atoms with Gasteiger partial charge in [0.1, 0.15) is 17.5 Å². The molecule has 3 aromatic rings. The molecule has 1 aliphatic rings. The zero-order chi connectivity index (χ0) is 22.2. The Labute approximate surface area is 181 Å². The van der Waals surface area contributed by atoms with Crippen molar-refractivity contribution in [3.63, 3.8) is 0 Å². The number of alkyl halides is 3. The van der Waals surface area contributed by atoms with Gasteiger partial charge < -0.3 is 14.5 Å². The second-order valence-corrected chi connectivity index (χ2v) is 7.80. The standard InChI is InChI=1S/C22H20ClF3N2O3/c1-2-30-19(29)8-13-3-5-15-16-9-14(4-6-18(16)28-20(13)15)31-11-12-7-17(22(24,25)26)21(23)27-10-12/h4,6-7,9-10,13,28H,2-3,5,8,11H2,1H3. The first kappa shape index (κ1) is 21.5. The van der Waals surface area contributed by atoms with Crippen molar-refractivity contribution in [3.05, 3.63) is 58.0 Å². The van der Waals surface area contributed by atoms with E-state index in [4.69, 9.17) is 21.1 Å². The van der Waals surface area contributed by atoms with E-state index in [-0.39, 0.29) is 24.1 Å². The lowest BCUT2D eigenvalue weighted by molar-refractivity contribution is -0.143. The van der Waals surface area contributed by atoms with E-state index in [0.29, 0.717) is 18.8 Å². The predicted molar refractivity (Wildman–Crippen MR) is 109 cm³/mol. The summed E-state index contributed by atoms with van der Waals surface area (Å²) in [5, 5.41) is 0.405. The molecule has 0 fully saturated rings. The van der Waals surface area contributed by atoms with E-state index in [2.05, 4.69) is 9.97 Å². The van der Waals surface area contributed by atoms with E-state index in [9.17, 15) is 18.0 Å². The van der Waals surface area contributed by atoms with E-state index < -0.39 is 16.9 Å². The fourth-order valence-electron chi connectivity index (χ4n) is 3.98. The first-order valence-electron chi connectivity index (χ1n) is 9.90. The van der Waals surface area contributed by atoms with Crippen molar-refractivity contribution in [1.82, 2.24) is 9.97 Å². The Morgan fingerprint density at radius 1 is 1.32 bits per heavy atom. The highest BCUT2D eigenvalue weighted by molar-refractivity contribution is 6.30. The van der Waals surface area contributed by atoms with Gasteiger partial charge in [-0.15, -0.1) is 0 Å². The van der Waals surface area contributed by atoms with Crippen LogP contribution >= 0.6 is 11.6 Å². The molecular weight excluding hydrogens is 433 g/mol. The van der Waals surface area contributed by atoms with Crippen LogP contribution in [0.5, 0.6) is 5.75 Å². The van der Waals surface area contributed by atoms with Gasteiger partial charge in [-0.2, -0.15) is 13.2 Å². The van der Waals surface area contributed by atoms with Crippen LogP contribution in [0.4, 0.5) is 13.2 Å². The largest absolute Gasteiger partial charge is 0.489 e. The van der Waals surface area contributed by atoms with Crippen molar-refractivity contribution >= 4 is 28.5 Å². The van der Waals surface area contributed by atoms with E-state index in [1.54, 1.807) is 13.0 Å². The molecule has 1 aromatic carbocycles. The van der Waals surface area contributed by atoms with E-state index in [1.807, 2.05) is 12.1 Å². The normalized spacial score (nSPS) is 15.8. The second kappa shape index (κ2) is 8.42. The van der Waals surface area contributed by atoms with Crippen LogP contribution in [0.3, 0.4) is 0 Å². The number of aryl methyl sites for hydroxylation is 1. The summed E-state index contributed by atoms with van der Waals surface area (Å²) in [6.45, 7) is 2.07. The molecule has 1 N–H and O–H groups in total. The minimum atomic E-state index is -4.58. The molecular formula is C22H20ClF3N2O3. The third-order valence-corrected chi connectivity index (χ3v) is 5.69. The average molecular weight is 453 g/mol. The Hall–Kier alpha value is -2.74. The van der Waals surface area contributed by atoms with Crippen molar-refractivity contribution < 1.29 is 27.4 Å². The van der Waals surface area contributed by atoms with Crippen LogP contribution < -0.4 is 4.74 Å². The highest BCUT2D eigenvalue weighted by atomic mass is 35.5. The van der Waals surface area contributed by atoms with Gasteiger partial charge in [-0.25, -0.2) is 4.98 Å². The van der Waals surface area contributed by atoms with Crippen LogP contribution in [0.15, 0.2) is 30.5 Å². The van der Waals surface area contributed by atoms with Gasteiger partial charge in [-0.05, 0) is 49.6 Å². The molecule has 0 radical (unpaired) electrons. The average Bonchev–Trinajstić information content (AvgIpc) is 3.26. The molecule has 31 heavy (non-hydrogen) atoms. The first-order chi connectivity index (χ1) is 14.8. The lowest BCUT2D eigenvalue weighted by atomic mass is 10.0. The smallest absolute Gasteiger partial charge is 0.419 e. The summed E-state index contributed by atoms with van der Waals surface area (Å²) in [5.41, 5.74) is 2.39. The van der Waals surface area contributed by atoms with Gasteiger partial charge in [0.25, 0.3) is 0 Å². The third-order valence-electron chi connectivity index (χ3n) is 5.39. The van der Waals surface area contributed by atoms with Crippen LogP contribution in [-0.4, -0.2) is 22.5 Å². The van der Waals surface area contributed by atoms with Crippen molar-refractivity contribution in [2.24, 2.45) is 0 Å². The number of benzene rings is 1. The number of aromatic nitrogens is 2. The molecule has 9 heteroatoms. The van der Waals surface area contributed by atoms with Gasteiger partial charge in [0.15, 0.2) is 0 Å². The summed E-state index contributed by atoms with van der Waals surface area (Å²) >= 11 is 5.56. The molecule has 1 aliphatic carbocycles. The van der Waals surface area contributed by atoms with Crippen molar-refractivity contribution in [3.8, 4) is 5.75 Å². The van der Waals surface area contributed by atoms with E-state index >= 15 is 0 Å². The molecule has 0 amide bonds. The van der Waals surface area contributed by atoms with Crippen molar-refractivity contribution in [1.29, 1.82) is 0 Å². The number of fused-ring (bicyclic) bond motifs is 3. The Bertz CT molecular complexity index is 1130. The third kappa shape index (κ3) is 4.49. The Morgan fingerprint density at radius 3 is 2.87 bits per heavy atom. The second-order valence-electron chi connectivity index (χ2n) is 7.44. The SMILES string of the molecule is CCOC(=O)CC1CCc2c1[nH]c1ccc(OCc3cnc(Cl)c(C(F)(F)F)c3)cc21. The number of H-pyrrole nitrogens is 1. The number of rotatable bonds is 6. The number of aromatic amines is 1. The van der Waals surface area contributed by atoms with Crippen LogP contribution in [-0.2, 0) is 28.7 Å². The zero-order valence-corrected chi connectivity index (χ0v) is 17.4. The molecule has 0 aliphatic heterocycles. The molecule has 2 heterocycles. The molecule has 5 nitrogen and oxygen atoms in total.